The lowest BCUT2D eigenvalue weighted by Crippen LogP contribution is -2.30. The molecule has 0 aliphatic heterocycles. The zero-order valence-corrected chi connectivity index (χ0v) is 18.9. The number of carbonyl (C=O) groups is 1. The molecule has 0 saturated heterocycles. The normalized spacial score (nSPS) is 11.8. The van der Waals surface area contributed by atoms with Gasteiger partial charge < -0.3 is 9.57 Å². The van der Waals surface area contributed by atoms with E-state index >= 15 is 0 Å². The fourth-order valence-electron chi connectivity index (χ4n) is 3.09. The van der Waals surface area contributed by atoms with Gasteiger partial charge in [0.25, 0.3) is 0 Å². The van der Waals surface area contributed by atoms with Gasteiger partial charge in [-0.25, -0.2) is 14.5 Å². The summed E-state index contributed by atoms with van der Waals surface area (Å²) >= 11 is 5.97. The third kappa shape index (κ3) is 5.89. The maximum absolute atomic E-state index is 13.0. The van der Waals surface area contributed by atoms with Crippen molar-refractivity contribution in [2.45, 2.75) is 46.4 Å². The smallest absolute Gasteiger partial charge is 0.345 e. The molecule has 3 N–H and O–H groups in total. The van der Waals surface area contributed by atoms with Crippen LogP contribution in [0.3, 0.4) is 0 Å². The Hall–Kier alpha value is -3.30. The van der Waals surface area contributed by atoms with E-state index < -0.39 is 5.97 Å². The van der Waals surface area contributed by atoms with E-state index in [2.05, 4.69) is 14.9 Å². The first-order valence-electron chi connectivity index (χ1n) is 10.1. The van der Waals surface area contributed by atoms with Crippen LogP contribution in [0.25, 0.3) is 0 Å². The van der Waals surface area contributed by atoms with Gasteiger partial charge in [0, 0.05) is 5.02 Å². The van der Waals surface area contributed by atoms with Crippen molar-refractivity contribution < 1.29 is 14.4 Å². The van der Waals surface area contributed by atoms with E-state index in [9.17, 15) is 9.59 Å². The van der Waals surface area contributed by atoms with Crippen molar-refractivity contribution in [3.8, 4) is 5.75 Å². The molecule has 0 saturated carbocycles. The van der Waals surface area contributed by atoms with Crippen molar-refractivity contribution >= 4 is 23.3 Å². The van der Waals surface area contributed by atoms with Crippen molar-refractivity contribution in [1.29, 1.82) is 0 Å². The summed E-state index contributed by atoms with van der Waals surface area (Å²) in [6.45, 7) is 6.21. The Morgan fingerprint density at radius 1 is 1.22 bits per heavy atom. The minimum atomic E-state index is -0.620. The highest BCUT2D eigenvalue weighted by molar-refractivity contribution is 6.30. The fraction of sp³-hybridized carbons (Fsp3) is 0.318. The number of nitrogens with two attached hydrogens (primary N) is 1. The van der Waals surface area contributed by atoms with Crippen LogP contribution in [0, 0.1) is 6.92 Å². The van der Waals surface area contributed by atoms with Crippen LogP contribution in [0.2, 0.25) is 5.02 Å². The largest absolute Gasteiger partial charge is 0.491 e. The lowest BCUT2D eigenvalue weighted by molar-refractivity contribution is -0.144. The van der Waals surface area contributed by atoms with Gasteiger partial charge in [0.15, 0.2) is 0 Å². The molecule has 3 aromatic rings. The van der Waals surface area contributed by atoms with Gasteiger partial charge >= 0.3 is 11.7 Å². The number of aromatic nitrogens is 3. The number of nitrogens with one attached hydrogen (secondary N) is 1. The standard InChI is InChI=1S/C22H26ClN5O4/c1-14(2)31-19-9-8-18(12-15(19)3)25-21-26-28(11-10-20(29)32-24)22(30)27(21)13-16-4-6-17(23)7-5-16/h4-9,12,14H,10-11,13,24H2,1-3H3,(H,25,26). The summed E-state index contributed by atoms with van der Waals surface area (Å²) in [5.74, 6) is 5.05. The Morgan fingerprint density at radius 2 is 1.94 bits per heavy atom. The first-order chi connectivity index (χ1) is 15.3. The van der Waals surface area contributed by atoms with E-state index in [0.29, 0.717) is 16.3 Å². The maximum atomic E-state index is 13.0. The van der Waals surface area contributed by atoms with Gasteiger partial charge in [-0.1, -0.05) is 23.7 Å². The Labute approximate surface area is 190 Å². The van der Waals surface area contributed by atoms with E-state index in [0.717, 1.165) is 16.9 Å². The second-order valence-electron chi connectivity index (χ2n) is 7.55. The average Bonchev–Trinajstić information content (AvgIpc) is 3.04. The van der Waals surface area contributed by atoms with E-state index in [1.165, 1.54) is 9.25 Å². The minimum Gasteiger partial charge on any atom is -0.491 e. The molecular formula is C22H26ClN5O4. The molecule has 0 amide bonds. The van der Waals surface area contributed by atoms with Crippen LogP contribution in [0.1, 0.15) is 31.4 Å². The molecule has 0 radical (unpaired) electrons. The molecule has 0 fully saturated rings. The fourth-order valence-corrected chi connectivity index (χ4v) is 3.22. The molecule has 0 unspecified atom stereocenters. The molecule has 0 atom stereocenters. The van der Waals surface area contributed by atoms with Crippen LogP contribution < -0.4 is 21.9 Å². The predicted molar refractivity (Wildman–Crippen MR) is 121 cm³/mol. The van der Waals surface area contributed by atoms with Gasteiger partial charge in [-0.05, 0) is 62.2 Å². The SMILES string of the molecule is Cc1cc(/N=c2\[nH]n(CCC(=O)ON)c(=O)n2Cc2ccc(Cl)cc2)ccc1OC(C)C. The zero-order chi connectivity index (χ0) is 23.3. The van der Waals surface area contributed by atoms with Gasteiger partial charge in [-0.2, -0.15) is 5.90 Å². The van der Waals surface area contributed by atoms with Crippen LogP contribution in [-0.4, -0.2) is 26.4 Å². The number of hydrogen-bond acceptors (Lipinski definition) is 6. The number of benzene rings is 2. The second kappa shape index (κ2) is 10.3. The summed E-state index contributed by atoms with van der Waals surface area (Å²) in [6, 6.07) is 12.7. The van der Waals surface area contributed by atoms with Gasteiger partial charge in [0.2, 0.25) is 5.62 Å². The highest BCUT2D eigenvalue weighted by atomic mass is 35.5. The first-order valence-corrected chi connectivity index (χ1v) is 10.5. The molecule has 2 aromatic carbocycles. The molecule has 10 heteroatoms. The molecule has 32 heavy (non-hydrogen) atoms. The van der Waals surface area contributed by atoms with Crippen molar-refractivity contribution in [1.82, 2.24) is 14.3 Å². The number of carbonyl (C=O) groups excluding carboxylic acids is 1. The van der Waals surface area contributed by atoms with Gasteiger partial charge in [0.05, 0.1) is 31.3 Å². The van der Waals surface area contributed by atoms with E-state index in [1.807, 2.05) is 51.1 Å². The van der Waals surface area contributed by atoms with E-state index in [-0.39, 0.29) is 31.3 Å². The third-order valence-electron chi connectivity index (χ3n) is 4.63. The topological polar surface area (TPSA) is 117 Å². The Kier molecular flexibility index (Phi) is 7.55. The summed E-state index contributed by atoms with van der Waals surface area (Å²) in [7, 11) is 0. The zero-order valence-electron chi connectivity index (χ0n) is 18.2. The number of aromatic amines is 1. The molecule has 9 nitrogen and oxygen atoms in total. The Balaban J connectivity index is 2.02. The van der Waals surface area contributed by atoms with E-state index in [1.54, 1.807) is 12.1 Å². The highest BCUT2D eigenvalue weighted by Crippen LogP contribution is 2.24. The molecule has 0 aliphatic carbocycles. The van der Waals surface area contributed by atoms with Crippen LogP contribution in [0.15, 0.2) is 52.3 Å². The Bertz CT molecular complexity index is 1210. The molecule has 1 heterocycles. The summed E-state index contributed by atoms with van der Waals surface area (Å²) in [4.78, 5) is 33.2. The summed E-state index contributed by atoms with van der Waals surface area (Å²) in [5, 5.41) is 3.58. The average molecular weight is 460 g/mol. The maximum Gasteiger partial charge on any atom is 0.345 e. The predicted octanol–water partition coefficient (Wildman–Crippen LogP) is 2.81. The third-order valence-corrected chi connectivity index (χ3v) is 4.89. The number of nitrogens with zero attached hydrogens (tertiary/aromatic N) is 3. The summed E-state index contributed by atoms with van der Waals surface area (Å²) in [5.41, 5.74) is 2.44. The minimum absolute atomic E-state index is 0.0579. The van der Waals surface area contributed by atoms with Gasteiger partial charge in [-0.15, -0.1) is 0 Å². The quantitative estimate of drug-likeness (QED) is 0.502. The monoisotopic (exact) mass is 459 g/mol. The molecule has 1 aromatic heterocycles. The van der Waals surface area contributed by atoms with E-state index in [4.69, 9.17) is 22.2 Å². The van der Waals surface area contributed by atoms with Crippen LogP contribution >= 0.6 is 11.6 Å². The molecule has 0 aliphatic rings. The highest BCUT2D eigenvalue weighted by Gasteiger charge is 2.12. The van der Waals surface area contributed by atoms with Crippen LogP contribution in [0.5, 0.6) is 5.75 Å². The number of aryl methyl sites for hydroxylation is 2. The molecule has 0 spiro atoms. The van der Waals surface area contributed by atoms with Gasteiger partial charge in [0.1, 0.15) is 5.75 Å². The first kappa shape index (κ1) is 23.4. The summed E-state index contributed by atoms with van der Waals surface area (Å²) in [6.07, 6.45) is 0.00102. The number of hydrogen-bond donors (Lipinski definition) is 2. The number of ether oxygens (including phenoxy) is 1. The molecule has 3 rings (SSSR count). The van der Waals surface area contributed by atoms with Crippen molar-refractivity contribution in [3.05, 3.63) is 74.7 Å². The lowest BCUT2D eigenvalue weighted by atomic mass is 10.2. The van der Waals surface area contributed by atoms with Crippen molar-refractivity contribution in [2.24, 2.45) is 10.9 Å². The number of halogens is 1. The Morgan fingerprint density at radius 3 is 2.56 bits per heavy atom. The molecule has 0 bridgehead atoms. The van der Waals surface area contributed by atoms with Crippen molar-refractivity contribution in [2.75, 3.05) is 0 Å². The second-order valence-corrected chi connectivity index (χ2v) is 7.99. The molecular weight excluding hydrogens is 434 g/mol. The van der Waals surface area contributed by atoms with Crippen LogP contribution in [0.4, 0.5) is 5.69 Å². The number of rotatable bonds is 8. The van der Waals surface area contributed by atoms with Crippen molar-refractivity contribution in [3.63, 3.8) is 0 Å². The van der Waals surface area contributed by atoms with Crippen LogP contribution in [-0.2, 0) is 22.7 Å². The summed E-state index contributed by atoms with van der Waals surface area (Å²) < 4.78 is 8.57. The number of H-pyrrole nitrogens is 1. The molecule has 170 valence electrons. The lowest BCUT2D eigenvalue weighted by Gasteiger charge is -2.12. The van der Waals surface area contributed by atoms with Gasteiger partial charge in [-0.3, -0.25) is 14.5 Å².